The normalized spacial score (nSPS) is 18.3. The third-order valence-corrected chi connectivity index (χ3v) is 4.17. The van der Waals surface area contributed by atoms with Gasteiger partial charge in [0.15, 0.2) is 5.11 Å². The topological polar surface area (TPSA) is 24.5 Å². The second kappa shape index (κ2) is 7.22. The molecule has 0 amide bonds. The zero-order valence-corrected chi connectivity index (χ0v) is 13.5. The largest absolute Gasteiger partial charge is 0.376 e. The first-order chi connectivity index (χ1) is 9.15. The summed E-state index contributed by atoms with van der Waals surface area (Å²) >= 11 is 8.82. The van der Waals surface area contributed by atoms with Crippen LogP contribution in [0.15, 0.2) is 28.7 Å². The summed E-state index contributed by atoms with van der Waals surface area (Å²) in [6.07, 6.45) is 2.61. The van der Waals surface area contributed by atoms with Gasteiger partial charge in [-0.15, -0.1) is 0 Å². The first kappa shape index (κ1) is 14.8. The lowest BCUT2D eigenvalue weighted by Crippen LogP contribution is -2.40. The molecule has 0 aromatic heterocycles. The van der Waals surface area contributed by atoms with Gasteiger partial charge in [0, 0.05) is 31.2 Å². The summed E-state index contributed by atoms with van der Waals surface area (Å²) in [6, 6.07) is 8.30. The molecule has 1 atom stereocenters. The van der Waals surface area contributed by atoms with Crippen LogP contribution in [-0.2, 0) is 11.3 Å². The number of thiocarbonyl (C=S) groups is 1. The minimum absolute atomic E-state index is 0.319. The van der Waals surface area contributed by atoms with Crippen LogP contribution in [0.1, 0.15) is 18.4 Å². The third kappa shape index (κ3) is 4.75. The van der Waals surface area contributed by atoms with Gasteiger partial charge in [-0.2, -0.15) is 0 Å². The summed E-state index contributed by atoms with van der Waals surface area (Å²) in [4.78, 5) is 2.05. The quantitative estimate of drug-likeness (QED) is 0.850. The van der Waals surface area contributed by atoms with Gasteiger partial charge in [-0.25, -0.2) is 0 Å². The molecule has 0 saturated carbocycles. The monoisotopic (exact) mass is 342 g/mol. The van der Waals surface area contributed by atoms with E-state index in [-0.39, 0.29) is 0 Å². The third-order valence-electron chi connectivity index (χ3n) is 3.18. The molecule has 19 heavy (non-hydrogen) atoms. The SMILES string of the molecule is CN(Cc1ccc(Br)cc1)C(=S)NC[C@@H]1CCCO1. The van der Waals surface area contributed by atoms with Crippen LogP contribution >= 0.6 is 28.1 Å². The molecule has 1 heterocycles. The highest BCUT2D eigenvalue weighted by atomic mass is 79.9. The van der Waals surface area contributed by atoms with Crippen LogP contribution in [0.5, 0.6) is 0 Å². The predicted octanol–water partition coefficient (Wildman–Crippen LogP) is 2.93. The maximum atomic E-state index is 5.57. The zero-order chi connectivity index (χ0) is 13.7. The maximum Gasteiger partial charge on any atom is 0.169 e. The van der Waals surface area contributed by atoms with Gasteiger partial charge >= 0.3 is 0 Å². The van der Waals surface area contributed by atoms with Gasteiger partial charge in [-0.05, 0) is 42.8 Å². The van der Waals surface area contributed by atoms with Crippen molar-refractivity contribution in [2.24, 2.45) is 0 Å². The number of rotatable bonds is 4. The number of nitrogens with zero attached hydrogens (tertiary/aromatic N) is 1. The summed E-state index contributed by atoms with van der Waals surface area (Å²) in [6.45, 7) is 2.50. The zero-order valence-electron chi connectivity index (χ0n) is 11.1. The Morgan fingerprint density at radius 1 is 1.47 bits per heavy atom. The Balaban J connectivity index is 1.76. The van der Waals surface area contributed by atoms with E-state index < -0.39 is 0 Å². The van der Waals surface area contributed by atoms with E-state index in [9.17, 15) is 0 Å². The van der Waals surface area contributed by atoms with Crippen LogP contribution in [0.3, 0.4) is 0 Å². The van der Waals surface area contributed by atoms with Crippen molar-refractivity contribution in [3.63, 3.8) is 0 Å². The van der Waals surface area contributed by atoms with Crippen molar-refractivity contribution in [2.45, 2.75) is 25.5 Å². The van der Waals surface area contributed by atoms with E-state index in [1.807, 2.05) is 24.1 Å². The van der Waals surface area contributed by atoms with Crippen LogP contribution < -0.4 is 5.32 Å². The highest BCUT2D eigenvalue weighted by Crippen LogP contribution is 2.12. The molecular weight excluding hydrogens is 324 g/mol. The molecule has 0 aliphatic carbocycles. The summed E-state index contributed by atoms with van der Waals surface area (Å²) in [5.41, 5.74) is 1.24. The Labute approximate surface area is 128 Å². The molecule has 1 aromatic carbocycles. The van der Waals surface area contributed by atoms with Gasteiger partial charge in [0.25, 0.3) is 0 Å². The molecule has 0 spiro atoms. The van der Waals surface area contributed by atoms with E-state index in [1.54, 1.807) is 0 Å². The van der Waals surface area contributed by atoms with E-state index in [0.29, 0.717) is 6.10 Å². The molecule has 0 radical (unpaired) electrons. The number of halogens is 1. The molecule has 1 saturated heterocycles. The van der Waals surface area contributed by atoms with Crippen molar-refractivity contribution in [3.05, 3.63) is 34.3 Å². The van der Waals surface area contributed by atoms with E-state index in [1.165, 1.54) is 5.56 Å². The number of hydrogen-bond donors (Lipinski definition) is 1. The van der Waals surface area contributed by atoms with Gasteiger partial charge in [-0.3, -0.25) is 0 Å². The summed E-state index contributed by atoms with van der Waals surface area (Å²) in [5, 5.41) is 4.06. The summed E-state index contributed by atoms with van der Waals surface area (Å²) in [7, 11) is 2.01. The Morgan fingerprint density at radius 2 is 2.21 bits per heavy atom. The van der Waals surface area contributed by atoms with Gasteiger partial charge in [-0.1, -0.05) is 28.1 Å². The molecular formula is C14H19BrN2OS. The first-order valence-electron chi connectivity index (χ1n) is 6.50. The smallest absolute Gasteiger partial charge is 0.169 e. The Hall–Kier alpha value is -0.650. The Kier molecular flexibility index (Phi) is 5.60. The molecule has 0 bridgehead atoms. The van der Waals surface area contributed by atoms with E-state index in [4.69, 9.17) is 17.0 Å². The second-order valence-corrected chi connectivity index (χ2v) is 6.11. The standard InChI is InChI=1S/C14H19BrN2OS/c1-17(10-11-4-6-12(15)7-5-11)14(19)16-9-13-3-2-8-18-13/h4-7,13H,2-3,8-10H2,1H3,(H,16,19)/t13-/m0/s1. The minimum Gasteiger partial charge on any atom is -0.376 e. The molecule has 1 aromatic rings. The van der Waals surface area contributed by atoms with Crippen LogP contribution in [0.25, 0.3) is 0 Å². The van der Waals surface area contributed by atoms with Crippen molar-refractivity contribution in [2.75, 3.05) is 20.2 Å². The Morgan fingerprint density at radius 3 is 2.84 bits per heavy atom. The van der Waals surface area contributed by atoms with Gasteiger partial charge in [0.1, 0.15) is 0 Å². The molecule has 5 heteroatoms. The molecule has 1 aliphatic heterocycles. The fraction of sp³-hybridized carbons (Fsp3) is 0.500. The first-order valence-corrected chi connectivity index (χ1v) is 7.70. The number of benzene rings is 1. The number of ether oxygens (including phenoxy) is 1. The molecule has 2 rings (SSSR count). The van der Waals surface area contributed by atoms with Gasteiger partial charge < -0.3 is 15.0 Å². The molecule has 104 valence electrons. The van der Waals surface area contributed by atoms with Crippen molar-refractivity contribution >= 4 is 33.3 Å². The van der Waals surface area contributed by atoms with Crippen LogP contribution in [-0.4, -0.2) is 36.3 Å². The van der Waals surface area contributed by atoms with Gasteiger partial charge in [0.05, 0.1) is 6.10 Å². The molecule has 1 N–H and O–H groups in total. The lowest BCUT2D eigenvalue weighted by Gasteiger charge is -2.22. The molecule has 0 unspecified atom stereocenters. The van der Waals surface area contributed by atoms with Crippen molar-refractivity contribution < 1.29 is 4.74 Å². The lowest BCUT2D eigenvalue weighted by atomic mass is 10.2. The number of nitrogens with one attached hydrogen (secondary N) is 1. The lowest BCUT2D eigenvalue weighted by molar-refractivity contribution is 0.113. The minimum atomic E-state index is 0.319. The van der Waals surface area contributed by atoms with Crippen LogP contribution in [0.2, 0.25) is 0 Å². The predicted molar refractivity (Wildman–Crippen MR) is 85.2 cm³/mol. The van der Waals surface area contributed by atoms with Crippen LogP contribution in [0, 0.1) is 0 Å². The molecule has 1 fully saturated rings. The van der Waals surface area contributed by atoms with Gasteiger partial charge in [0.2, 0.25) is 0 Å². The maximum absolute atomic E-state index is 5.57. The highest BCUT2D eigenvalue weighted by molar-refractivity contribution is 9.10. The van der Waals surface area contributed by atoms with Crippen LogP contribution in [0.4, 0.5) is 0 Å². The second-order valence-electron chi connectivity index (χ2n) is 4.80. The van der Waals surface area contributed by atoms with E-state index >= 15 is 0 Å². The molecule has 1 aliphatic rings. The van der Waals surface area contributed by atoms with E-state index in [2.05, 4.69) is 33.4 Å². The number of hydrogen-bond acceptors (Lipinski definition) is 2. The fourth-order valence-electron chi connectivity index (χ4n) is 2.08. The average Bonchev–Trinajstić information content (AvgIpc) is 2.91. The van der Waals surface area contributed by atoms with Crippen molar-refractivity contribution in [1.82, 2.24) is 10.2 Å². The Bertz CT molecular complexity index is 418. The van der Waals surface area contributed by atoms with Crippen molar-refractivity contribution in [3.8, 4) is 0 Å². The molecule has 3 nitrogen and oxygen atoms in total. The highest BCUT2D eigenvalue weighted by Gasteiger charge is 2.16. The van der Waals surface area contributed by atoms with Crippen molar-refractivity contribution in [1.29, 1.82) is 0 Å². The fourth-order valence-corrected chi connectivity index (χ4v) is 2.49. The average molecular weight is 343 g/mol. The summed E-state index contributed by atoms with van der Waals surface area (Å²) < 4.78 is 6.66. The summed E-state index contributed by atoms with van der Waals surface area (Å²) in [5.74, 6) is 0. The van der Waals surface area contributed by atoms with E-state index in [0.717, 1.165) is 42.1 Å².